The SMILES string of the molecule is O=C(O)CCCCCCN1CCCc2cc(-c3ccccc3)c(-c3ccccc3)nc21. The van der Waals surface area contributed by atoms with Crippen LogP contribution in [0, 0.1) is 0 Å². The van der Waals surface area contributed by atoms with Crippen molar-refractivity contribution in [1.82, 2.24) is 4.98 Å². The van der Waals surface area contributed by atoms with Crippen LogP contribution in [0.15, 0.2) is 66.7 Å². The molecule has 4 heteroatoms. The zero-order chi connectivity index (χ0) is 21.5. The fourth-order valence-electron chi connectivity index (χ4n) is 4.37. The second-order valence-electron chi connectivity index (χ2n) is 8.25. The van der Waals surface area contributed by atoms with Gasteiger partial charge in [-0.15, -0.1) is 0 Å². The molecule has 1 aliphatic heterocycles. The number of fused-ring (bicyclic) bond motifs is 1. The molecule has 0 unspecified atom stereocenters. The van der Waals surface area contributed by atoms with E-state index in [1.165, 1.54) is 16.7 Å². The van der Waals surface area contributed by atoms with Gasteiger partial charge in [-0.2, -0.15) is 0 Å². The third-order valence-electron chi connectivity index (χ3n) is 5.95. The fraction of sp³-hybridized carbons (Fsp3) is 0.333. The molecule has 0 saturated heterocycles. The zero-order valence-corrected chi connectivity index (χ0v) is 18.0. The van der Waals surface area contributed by atoms with E-state index in [-0.39, 0.29) is 6.42 Å². The molecule has 0 amide bonds. The smallest absolute Gasteiger partial charge is 0.303 e. The summed E-state index contributed by atoms with van der Waals surface area (Å²) in [5, 5.41) is 8.79. The molecule has 1 aliphatic rings. The van der Waals surface area contributed by atoms with E-state index in [4.69, 9.17) is 10.1 Å². The Labute approximate surface area is 184 Å². The van der Waals surface area contributed by atoms with Gasteiger partial charge in [0.2, 0.25) is 0 Å². The van der Waals surface area contributed by atoms with E-state index in [1.54, 1.807) is 0 Å². The monoisotopic (exact) mass is 414 g/mol. The van der Waals surface area contributed by atoms with Crippen molar-refractivity contribution >= 4 is 11.8 Å². The van der Waals surface area contributed by atoms with Gasteiger partial charge >= 0.3 is 5.97 Å². The van der Waals surface area contributed by atoms with Gasteiger partial charge in [-0.05, 0) is 42.9 Å². The fourth-order valence-corrected chi connectivity index (χ4v) is 4.37. The summed E-state index contributed by atoms with van der Waals surface area (Å²) in [5.41, 5.74) is 5.91. The minimum atomic E-state index is -0.697. The molecule has 0 saturated carbocycles. The first-order valence-corrected chi connectivity index (χ1v) is 11.3. The number of benzene rings is 2. The lowest BCUT2D eigenvalue weighted by atomic mass is 9.94. The van der Waals surface area contributed by atoms with E-state index in [2.05, 4.69) is 65.6 Å². The third-order valence-corrected chi connectivity index (χ3v) is 5.95. The minimum absolute atomic E-state index is 0.275. The van der Waals surface area contributed by atoms with Crippen molar-refractivity contribution in [2.45, 2.75) is 44.9 Å². The zero-order valence-electron chi connectivity index (χ0n) is 18.0. The lowest BCUT2D eigenvalue weighted by molar-refractivity contribution is -0.137. The molecule has 160 valence electrons. The van der Waals surface area contributed by atoms with Crippen molar-refractivity contribution in [3.63, 3.8) is 0 Å². The number of pyridine rings is 1. The first-order valence-electron chi connectivity index (χ1n) is 11.3. The number of aliphatic carboxylic acids is 1. The molecule has 3 aromatic rings. The van der Waals surface area contributed by atoms with Crippen LogP contribution in [-0.2, 0) is 11.2 Å². The number of hydrogen-bond acceptors (Lipinski definition) is 3. The Morgan fingerprint density at radius 1 is 0.903 bits per heavy atom. The average molecular weight is 415 g/mol. The summed E-state index contributed by atoms with van der Waals surface area (Å²) in [7, 11) is 0. The summed E-state index contributed by atoms with van der Waals surface area (Å²) >= 11 is 0. The molecule has 2 aromatic carbocycles. The van der Waals surface area contributed by atoms with E-state index in [0.717, 1.165) is 68.7 Å². The summed E-state index contributed by atoms with van der Waals surface area (Å²) in [5.74, 6) is 0.423. The van der Waals surface area contributed by atoms with Crippen LogP contribution >= 0.6 is 0 Å². The molecule has 31 heavy (non-hydrogen) atoms. The highest BCUT2D eigenvalue weighted by Crippen LogP contribution is 2.37. The quantitative estimate of drug-likeness (QED) is 0.423. The molecule has 1 aromatic heterocycles. The maximum Gasteiger partial charge on any atom is 0.303 e. The Hall–Kier alpha value is -3.14. The maximum absolute atomic E-state index is 10.7. The molecule has 1 N–H and O–H groups in total. The number of hydrogen-bond donors (Lipinski definition) is 1. The molecule has 0 atom stereocenters. The average Bonchev–Trinajstić information content (AvgIpc) is 2.81. The number of carboxylic acid groups (broad SMARTS) is 1. The molecule has 0 spiro atoms. The summed E-state index contributed by atoms with van der Waals surface area (Å²) in [4.78, 5) is 18.3. The van der Waals surface area contributed by atoms with Crippen LogP contribution < -0.4 is 4.90 Å². The summed E-state index contributed by atoms with van der Waals surface area (Å²) in [6.45, 7) is 2.01. The molecule has 4 rings (SSSR count). The summed E-state index contributed by atoms with van der Waals surface area (Å²) in [6.07, 6.45) is 6.36. The maximum atomic E-state index is 10.7. The predicted octanol–water partition coefficient (Wildman–Crippen LogP) is 6.20. The Kier molecular flexibility index (Phi) is 6.98. The van der Waals surface area contributed by atoms with E-state index in [0.29, 0.717) is 0 Å². The van der Waals surface area contributed by atoms with Gasteiger partial charge in [-0.1, -0.05) is 73.5 Å². The third kappa shape index (κ3) is 5.32. The predicted molar refractivity (Wildman–Crippen MR) is 126 cm³/mol. The van der Waals surface area contributed by atoms with Crippen molar-refractivity contribution in [1.29, 1.82) is 0 Å². The highest BCUT2D eigenvalue weighted by molar-refractivity contribution is 5.83. The highest BCUT2D eigenvalue weighted by Gasteiger charge is 2.22. The number of carboxylic acids is 1. The van der Waals surface area contributed by atoms with Crippen LogP contribution in [0.1, 0.15) is 44.1 Å². The largest absolute Gasteiger partial charge is 0.481 e. The second kappa shape index (κ2) is 10.3. The van der Waals surface area contributed by atoms with Crippen LogP contribution in [0.2, 0.25) is 0 Å². The van der Waals surface area contributed by atoms with E-state index >= 15 is 0 Å². The van der Waals surface area contributed by atoms with Gasteiger partial charge in [0, 0.05) is 30.6 Å². The first kappa shape index (κ1) is 21.1. The Bertz CT molecular complexity index is 1000. The van der Waals surface area contributed by atoms with Gasteiger partial charge in [-0.25, -0.2) is 4.98 Å². The van der Waals surface area contributed by atoms with Gasteiger partial charge in [0.1, 0.15) is 5.82 Å². The second-order valence-corrected chi connectivity index (χ2v) is 8.25. The lowest BCUT2D eigenvalue weighted by Gasteiger charge is -2.31. The van der Waals surface area contributed by atoms with E-state index in [1.807, 2.05) is 6.07 Å². The molecule has 2 heterocycles. The molecule has 0 radical (unpaired) electrons. The number of anilines is 1. The molecular formula is C27H30N2O2. The van der Waals surface area contributed by atoms with Gasteiger partial charge < -0.3 is 10.0 Å². The molecule has 4 nitrogen and oxygen atoms in total. The number of aryl methyl sites for hydroxylation is 1. The van der Waals surface area contributed by atoms with Crippen LogP contribution in [0.5, 0.6) is 0 Å². The molecular weight excluding hydrogens is 384 g/mol. The molecule has 0 fully saturated rings. The van der Waals surface area contributed by atoms with E-state index < -0.39 is 5.97 Å². The minimum Gasteiger partial charge on any atom is -0.481 e. The van der Waals surface area contributed by atoms with Crippen molar-refractivity contribution in [2.75, 3.05) is 18.0 Å². The summed E-state index contributed by atoms with van der Waals surface area (Å²) < 4.78 is 0. The number of rotatable bonds is 9. The number of nitrogens with zero attached hydrogens (tertiary/aromatic N) is 2. The van der Waals surface area contributed by atoms with Gasteiger partial charge in [0.25, 0.3) is 0 Å². The summed E-state index contributed by atoms with van der Waals surface area (Å²) in [6, 6.07) is 23.3. The standard InChI is InChI=1S/C27H30N2O2/c30-25(31)17-9-1-2-10-18-29-19-11-16-23-20-24(21-12-5-3-6-13-21)26(28-27(23)29)22-14-7-4-8-15-22/h3-8,12-15,20H,1-2,9-11,16-19H2,(H,30,31). The Morgan fingerprint density at radius 3 is 2.29 bits per heavy atom. The van der Waals surface area contributed by atoms with Crippen molar-refractivity contribution < 1.29 is 9.90 Å². The van der Waals surface area contributed by atoms with Crippen LogP contribution in [0.25, 0.3) is 22.4 Å². The van der Waals surface area contributed by atoms with Gasteiger partial charge in [0.05, 0.1) is 5.69 Å². The van der Waals surface area contributed by atoms with Crippen LogP contribution in [0.4, 0.5) is 5.82 Å². The number of unbranched alkanes of at least 4 members (excludes halogenated alkanes) is 3. The van der Waals surface area contributed by atoms with Gasteiger partial charge in [0.15, 0.2) is 0 Å². The van der Waals surface area contributed by atoms with Crippen molar-refractivity contribution in [3.8, 4) is 22.4 Å². The van der Waals surface area contributed by atoms with Crippen molar-refractivity contribution in [3.05, 3.63) is 72.3 Å². The topological polar surface area (TPSA) is 53.4 Å². The lowest BCUT2D eigenvalue weighted by Crippen LogP contribution is -2.31. The van der Waals surface area contributed by atoms with Crippen molar-refractivity contribution in [2.24, 2.45) is 0 Å². The highest BCUT2D eigenvalue weighted by atomic mass is 16.4. The Morgan fingerprint density at radius 2 is 1.58 bits per heavy atom. The molecule has 0 bridgehead atoms. The Balaban J connectivity index is 1.59. The molecule has 0 aliphatic carbocycles. The normalized spacial score (nSPS) is 13.1. The van der Waals surface area contributed by atoms with Crippen LogP contribution in [-0.4, -0.2) is 29.1 Å². The van der Waals surface area contributed by atoms with Crippen LogP contribution in [0.3, 0.4) is 0 Å². The number of aromatic nitrogens is 1. The number of carbonyl (C=O) groups is 1. The van der Waals surface area contributed by atoms with E-state index in [9.17, 15) is 4.79 Å². The van der Waals surface area contributed by atoms with Gasteiger partial charge in [-0.3, -0.25) is 4.79 Å². The first-order chi connectivity index (χ1) is 15.2.